The lowest BCUT2D eigenvalue weighted by Crippen LogP contribution is -2.19. The molecule has 6 nitrogen and oxygen atoms in total. The Bertz CT molecular complexity index is 1050. The van der Waals surface area contributed by atoms with Gasteiger partial charge in [-0.1, -0.05) is 0 Å². The zero-order valence-electron chi connectivity index (χ0n) is 13.7. The highest BCUT2D eigenvalue weighted by Crippen LogP contribution is 2.30. The summed E-state index contributed by atoms with van der Waals surface area (Å²) in [5, 5.41) is 13.1. The molecule has 2 N–H and O–H groups in total. The number of aromatic nitrogens is 4. The number of H-pyrrole nitrogens is 1. The van der Waals surface area contributed by atoms with Gasteiger partial charge in [-0.15, -0.1) is 0 Å². The van der Waals surface area contributed by atoms with Crippen LogP contribution in [0.1, 0.15) is 12.8 Å². The second-order valence-corrected chi connectivity index (χ2v) is 6.36. The van der Waals surface area contributed by atoms with Crippen LogP contribution < -0.4 is 10.2 Å². The first kappa shape index (κ1) is 14.2. The van der Waals surface area contributed by atoms with Gasteiger partial charge in [-0.3, -0.25) is 10.1 Å². The molecule has 0 unspecified atom stereocenters. The van der Waals surface area contributed by atoms with Crippen molar-refractivity contribution in [3.05, 3.63) is 48.8 Å². The number of hydrogen-bond donors (Lipinski definition) is 2. The molecule has 0 aliphatic carbocycles. The van der Waals surface area contributed by atoms with Crippen LogP contribution in [-0.2, 0) is 0 Å². The molecule has 0 atom stereocenters. The van der Waals surface area contributed by atoms with E-state index in [1.54, 1.807) is 6.20 Å². The van der Waals surface area contributed by atoms with Crippen LogP contribution in [0.2, 0.25) is 0 Å². The van der Waals surface area contributed by atoms with Gasteiger partial charge in [-0.05, 0) is 54.6 Å². The summed E-state index contributed by atoms with van der Waals surface area (Å²) in [7, 11) is 0. The van der Waals surface area contributed by atoms with Gasteiger partial charge in [0.1, 0.15) is 11.3 Å². The number of benzene rings is 1. The van der Waals surface area contributed by atoms with Crippen molar-refractivity contribution in [3.63, 3.8) is 0 Å². The summed E-state index contributed by atoms with van der Waals surface area (Å²) in [6.45, 7) is 2.19. The zero-order chi connectivity index (χ0) is 16.6. The standard InChI is InChI=1S/C19H18N6/c1-2-11-25(10-1)19-15-6-5-14(12-13(15)7-9-21-19)22-18-17-16(23-24-18)4-3-8-20-17/h3-9,12H,1-2,10-11H2,(H2,22,23,24). The summed E-state index contributed by atoms with van der Waals surface area (Å²) in [6.07, 6.45) is 6.16. The molecule has 0 radical (unpaired) electrons. The second-order valence-electron chi connectivity index (χ2n) is 6.36. The Labute approximate surface area is 144 Å². The Balaban J connectivity index is 1.52. The minimum Gasteiger partial charge on any atom is -0.356 e. The smallest absolute Gasteiger partial charge is 0.178 e. The number of aromatic amines is 1. The summed E-state index contributed by atoms with van der Waals surface area (Å²) < 4.78 is 0. The molecular formula is C19H18N6. The van der Waals surface area contributed by atoms with Crippen molar-refractivity contribution in [2.45, 2.75) is 12.8 Å². The molecule has 5 rings (SSSR count). The van der Waals surface area contributed by atoms with Crippen molar-refractivity contribution in [2.24, 2.45) is 0 Å². The Morgan fingerprint density at radius 3 is 2.84 bits per heavy atom. The first-order valence-electron chi connectivity index (χ1n) is 8.58. The van der Waals surface area contributed by atoms with Gasteiger partial charge in [0.05, 0.1) is 5.52 Å². The van der Waals surface area contributed by atoms with E-state index in [0.717, 1.165) is 41.4 Å². The minimum absolute atomic E-state index is 0.740. The van der Waals surface area contributed by atoms with E-state index in [2.05, 4.69) is 54.6 Å². The van der Waals surface area contributed by atoms with E-state index in [1.807, 2.05) is 18.3 Å². The molecule has 0 bridgehead atoms. The van der Waals surface area contributed by atoms with Gasteiger partial charge >= 0.3 is 0 Å². The third-order valence-electron chi connectivity index (χ3n) is 4.73. The maximum Gasteiger partial charge on any atom is 0.178 e. The minimum atomic E-state index is 0.740. The SMILES string of the molecule is c1cnc2c(Nc3ccc4c(N5CCCC5)nccc4c3)n[nH]c2c1. The van der Waals surface area contributed by atoms with Crippen LogP contribution in [0.25, 0.3) is 21.8 Å². The lowest BCUT2D eigenvalue weighted by molar-refractivity contribution is 0.946. The predicted octanol–water partition coefficient (Wildman–Crippen LogP) is 3.85. The van der Waals surface area contributed by atoms with Gasteiger partial charge in [0.2, 0.25) is 0 Å². The molecule has 6 heteroatoms. The Hall–Kier alpha value is -3.15. The van der Waals surface area contributed by atoms with Gasteiger partial charge in [-0.25, -0.2) is 4.98 Å². The van der Waals surface area contributed by atoms with Crippen molar-refractivity contribution >= 4 is 39.1 Å². The van der Waals surface area contributed by atoms with Crippen molar-refractivity contribution in [2.75, 3.05) is 23.3 Å². The van der Waals surface area contributed by atoms with Crippen molar-refractivity contribution < 1.29 is 0 Å². The highest BCUT2D eigenvalue weighted by atomic mass is 15.2. The van der Waals surface area contributed by atoms with Crippen molar-refractivity contribution in [1.82, 2.24) is 20.2 Å². The molecular weight excluding hydrogens is 312 g/mol. The molecule has 3 aromatic heterocycles. The predicted molar refractivity (Wildman–Crippen MR) is 100 cm³/mol. The van der Waals surface area contributed by atoms with Crippen LogP contribution in [-0.4, -0.2) is 33.3 Å². The number of fused-ring (bicyclic) bond motifs is 2. The lowest BCUT2D eigenvalue weighted by atomic mass is 10.1. The summed E-state index contributed by atoms with van der Waals surface area (Å²) in [4.78, 5) is 11.4. The fourth-order valence-corrected chi connectivity index (χ4v) is 3.50. The molecule has 1 aliphatic rings. The van der Waals surface area contributed by atoms with E-state index >= 15 is 0 Å². The van der Waals surface area contributed by atoms with E-state index in [1.165, 1.54) is 23.6 Å². The Kier molecular flexibility index (Phi) is 3.26. The maximum atomic E-state index is 4.61. The fourth-order valence-electron chi connectivity index (χ4n) is 3.50. The molecule has 1 aliphatic heterocycles. The van der Waals surface area contributed by atoms with E-state index in [4.69, 9.17) is 0 Å². The average Bonchev–Trinajstić information content (AvgIpc) is 3.32. The number of nitrogens with one attached hydrogen (secondary N) is 2. The normalized spacial score (nSPS) is 14.5. The number of nitrogens with zero attached hydrogens (tertiary/aromatic N) is 4. The van der Waals surface area contributed by atoms with Crippen LogP contribution in [0.3, 0.4) is 0 Å². The van der Waals surface area contributed by atoms with Gasteiger partial charge in [0, 0.05) is 36.6 Å². The van der Waals surface area contributed by atoms with Gasteiger partial charge in [-0.2, -0.15) is 5.10 Å². The summed E-state index contributed by atoms with van der Waals surface area (Å²) in [6, 6.07) is 12.3. The van der Waals surface area contributed by atoms with Crippen LogP contribution in [0, 0.1) is 0 Å². The average molecular weight is 330 g/mol. The first-order chi connectivity index (χ1) is 12.4. The maximum absolute atomic E-state index is 4.61. The summed E-state index contributed by atoms with van der Waals surface area (Å²) in [5.74, 6) is 1.83. The lowest BCUT2D eigenvalue weighted by Gasteiger charge is -2.18. The van der Waals surface area contributed by atoms with Gasteiger partial charge < -0.3 is 10.2 Å². The molecule has 4 aromatic rings. The van der Waals surface area contributed by atoms with Crippen LogP contribution >= 0.6 is 0 Å². The van der Waals surface area contributed by atoms with E-state index in [0.29, 0.717) is 0 Å². The molecule has 0 spiro atoms. The van der Waals surface area contributed by atoms with Gasteiger partial charge in [0.15, 0.2) is 5.82 Å². The molecule has 0 amide bonds. The number of hydrogen-bond acceptors (Lipinski definition) is 5. The highest BCUT2D eigenvalue weighted by molar-refractivity contribution is 5.95. The summed E-state index contributed by atoms with van der Waals surface area (Å²) in [5.41, 5.74) is 2.76. The van der Waals surface area contributed by atoms with Crippen LogP contribution in [0.4, 0.5) is 17.3 Å². The summed E-state index contributed by atoms with van der Waals surface area (Å²) >= 11 is 0. The number of pyridine rings is 2. The number of rotatable bonds is 3. The quantitative estimate of drug-likeness (QED) is 0.597. The first-order valence-corrected chi connectivity index (χ1v) is 8.58. The molecule has 25 heavy (non-hydrogen) atoms. The number of anilines is 3. The molecule has 4 heterocycles. The zero-order valence-corrected chi connectivity index (χ0v) is 13.7. The van der Waals surface area contributed by atoms with Crippen molar-refractivity contribution in [3.8, 4) is 0 Å². The Morgan fingerprint density at radius 1 is 1.00 bits per heavy atom. The molecule has 1 aromatic carbocycles. The van der Waals surface area contributed by atoms with Crippen molar-refractivity contribution in [1.29, 1.82) is 0 Å². The Morgan fingerprint density at radius 2 is 1.92 bits per heavy atom. The van der Waals surface area contributed by atoms with E-state index < -0.39 is 0 Å². The third-order valence-corrected chi connectivity index (χ3v) is 4.73. The largest absolute Gasteiger partial charge is 0.356 e. The molecule has 1 saturated heterocycles. The van der Waals surface area contributed by atoms with E-state index in [-0.39, 0.29) is 0 Å². The monoisotopic (exact) mass is 330 g/mol. The van der Waals surface area contributed by atoms with Gasteiger partial charge in [0.25, 0.3) is 0 Å². The third kappa shape index (κ3) is 2.46. The molecule has 1 fully saturated rings. The second kappa shape index (κ2) is 5.73. The molecule has 0 saturated carbocycles. The van der Waals surface area contributed by atoms with Crippen LogP contribution in [0.15, 0.2) is 48.8 Å². The van der Waals surface area contributed by atoms with Crippen LogP contribution in [0.5, 0.6) is 0 Å². The highest BCUT2D eigenvalue weighted by Gasteiger charge is 2.16. The van der Waals surface area contributed by atoms with E-state index in [9.17, 15) is 0 Å². The molecule has 124 valence electrons. The topological polar surface area (TPSA) is 69.7 Å². The fraction of sp³-hybridized carbons (Fsp3) is 0.211.